The second-order valence-corrected chi connectivity index (χ2v) is 6.15. The predicted molar refractivity (Wildman–Crippen MR) is 63.5 cm³/mol. The number of carboxylic acids is 1. The number of hydrogen-bond donors (Lipinski definition) is 1. The Morgan fingerprint density at radius 3 is 2.38 bits per heavy atom. The van der Waals surface area contributed by atoms with Gasteiger partial charge in [0.25, 0.3) is 0 Å². The van der Waals surface area contributed by atoms with Gasteiger partial charge >= 0.3 is 12.1 Å². The average Bonchev–Trinajstić information content (AvgIpc) is 2.34. The van der Waals surface area contributed by atoms with Gasteiger partial charge in [0.15, 0.2) is 0 Å². The Hall–Kier alpha value is -1.68. The first kappa shape index (κ1) is 17.4. The number of sulfonamides is 1. The lowest BCUT2D eigenvalue weighted by atomic mass is 10.2. The quantitative estimate of drug-likeness (QED) is 0.838. The molecule has 10 heteroatoms. The Balaban J connectivity index is 3.18. The van der Waals surface area contributed by atoms with Crippen molar-refractivity contribution >= 4 is 16.0 Å². The number of carboxylic acid groups (broad SMARTS) is 1. The monoisotopic (exact) mass is 329 g/mol. The minimum absolute atomic E-state index is 0.182. The highest BCUT2D eigenvalue weighted by Crippen LogP contribution is 2.33. The number of benzene rings is 1. The molecule has 0 aromatic heterocycles. The zero-order valence-corrected chi connectivity index (χ0v) is 11.5. The Morgan fingerprint density at radius 2 is 1.90 bits per heavy atom. The van der Waals surface area contributed by atoms with E-state index < -0.39 is 51.4 Å². The van der Waals surface area contributed by atoms with E-state index in [0.29, 0.717) is 16.4 Å². The van der Waals surface area contributed by atoms with Crippen molar-refractivity contribution in [3.05, 3.63) is 29.6 Å². The highest BCUT2D eigenvalue weighted by molar-refractivity contribution is 7.89. The van der Waals surface area contributed by atoms with Gasteiger partial charge in [-0.15, -0.1) is 0 Å². The summed E-state index contributed by atoms with van der Waals surface area (Å²) in [6.45, 7) is -0.420. The molecule has 0 bridgehead atoms. The summed E-state index contributed by atoms with van der Waals surface area (Å²) in [5.41, 5.74) is -1.70. The normalized spacial score (nSPS) is 12.7. The van der Waals surface area contributed by atoms with E-state index in [4.69, 9.17) is 5.11 Å². The van der Waals surface area contributed by atoms with E-state index in [2.05, 4.69) is 0 Å². The largest absolute Gasteiger partial charge is 0.481 e. The van der Waals surface area contributed by atoms with Crippen molar-refractivity contribution in [2.45, 2.75) is 17.5 Å². The molecule has 1 rings (SSSR count). The zero-order chi connectivity index (χ0) is 16.4. The van der Waals surface area contributed by atoms with Crippen LogP contribution in [0.25, 0.3) is 0 Å². The summed E-state index contributed by atoms with van der Waals surface area (Å²) in [6, 6.07) is 1.28. The van der Waals surface area contributed by atoms with Gasteiger partial charge in [0, 0.05) is 13.6 Å². The summed E-state index contributed by atoms with van der Waals surface area (Å²) in [5.74, 6) is -2.85. The van der Waals surface area contributed by atoms with Gasteiger partial charge in [-0.1, -0.05) is 0 Å². The van der Waals surface area contributed by atoms with Crippen LogP contribution in [0.1, 0.15) is 12.0 Å². The molecule has 0 unspecified atom stereocenters. The van der Waals surface area contributed by atoms with Crippen molar-refractivity contribution in [3.63, 3.8) is 0 Å². The molecule has 0 radical (unpaired) electrons. The SMILES string of the molecule is CN(CCC(=O)O)S(=O)(=O)c1ccc(F)c(C(F)(F)F)c1. The van der Waals surface area contributed by atoms with Crippen molar-refractivity contribution in [1.82, 2.24) is 4.31 Å². The summed E-state index contributed by atoms with van der Waals surface area (Å²) in [5, 5.41) is 8.47. The summed E-state index contributed by atoms with van der Waals surface area (Å²) in [4.78, 5) is 9.62. The predicted octanol–water partition coefficient (Wildman–Crippen LogP) is 1.94. The standard InChI is InChI=1S/C11H11F4NO4S/c1-16(5-4-10(17)18)21(19,20)7-2-3-9(12)8(6-7)11(13,14)15/h2-3,6H,4-5H2,1H3,(H,17,18). The van der Waals surface area contributed by atoms with E-state index in [1.807, 2.05) is 0 Å². The number of nitrogens with zero attached hydrogens (tertiary/aromatic N) is 1. The molecule has 0 heterocycles. The molecule has 0 aliphatic rings. The Bertz CT molecular complexity index is 642. The maximum absolute atomic E-state index is 13.1. The van der Waals surface area contributed by atoms with Crippen LogP contribution < -0.4 is 0 Å². The molecule has 1 N–H and O–H groups in total. The molecular weight excluding hydrogens is 318 g/mol. The lowest BCUT2D eigenvalue weighted by Crippen LogP contribution is -2.29. The van der Waals surface area contributed by atoms with Crippen LogP contribution in [0.5, 0.6) is 0 Å². The minimum Gasteiger partial charge on any atom is -0.481 e. The van der Waals surface area contributed by atoms with Gasteiger partial charge in [-0.05, 0) is 18.2 Å². The number of alkyl halides is 3. The van der Waals surface area contributed by atoms with Gasteiger partial charge in [-0.25, -0.2) is 17.1 Å². The van der Waals surface area contributed by atoms with E-state index in [1.165, 1.54) is 0 Å². The van der Waals surface area contributed by atoms with Gasteiger partial charge in [0.2, 0.25) is 10.0 Å². The summed E-state index contributed by atoms with van der Waals surface area (Å²) in [6.07, 6.45) is -5.54. The molecular formula is C11H11F4NO4S. The van der Waals surface area contributed by atoms with Crippen molar-refractivity contribution in [1.29, 1.82) is 0 Å². The van der Waals surface area contributed by atoms with Crippen molar-refractivity contribution in [3.8, 4) is 0 Å². The van der Waals surface area contributed by atoms with Crippen LogP contribution in [0.4, 0.5) is 17.6 Å². The molecule has 0 saturated carbocycles. The number of aliphatic carboxylic acids is 1. The zero-order valence-electron chi connectivity index (χ0n) is 10.7. The Kier molecular flexibility index (Phi) is 4.95. The second-order valence-electron chi connectivity index (χ2n) is 4.11. The Labute approximate surface area is 117 Å². The number of carbonyl (C=O) groups is 1. The van der Waals surface area contributed by atoms with Crippen LogP contribution in [0.3, 0.4) is 0 Å². The molecule has 0 spiro atoms. The first-order valence-electron chi connectivity index (χ1n) is 5.51. The fraction of sp³-hybridized carbons (Fsp3) is 0.364. The highest BCUT2D eigenvalue weighted by Gasteiger charge is 2.35. The smallest absolute Gasteiger partial charge is 0.419 e. The number of hydrogen-bond acceptors (Lipinski definition) is 3. The molecule has 0 fully saturated rings. The van der Waals surface area contributed by atoms with E-state index >= 15 is 0 Å². The lowest BCUT2D eigenvalue weighted by molar-refractivity contribution is -0.140. The van der Waals surface area contributed by atoms with Crippen LogP contribution in [0.2, 0.25) is 0 Å². The maximum Gasteiger partial charge on any atom is 0.419 e. The molecule has 5 nitrogen and oxygen atoms in total. The third-order valence-electron chi connectivity index (χ3n) is 2.59. The molecule has 0 aliphatic heterocycles. The lowest BCUT2D eigenvalue weighted by Gasteiger charge is -2.17. The average molecular weight is 329 g/mol. The third-order valence-corrected chi connectivity index (χ3v) is 4.44. The van der Waals surface area contributed by atoms with E-state index in [1.54, 1.807) is 0 Å². The molecule has 0 saturated heterocycles. The van der Waals surface area contributed by atoms with Crippen LogP contribution in [-0.4, -0.2) is 37.4 Å². The van der Waals surface area contributed by atoms with Crippen LogP contribution in [-0.2, 0) is 21.0 Å². The van der Waals surface area contributed by atoms with Gasteiger partial charge in [0.1, 0.15) is 5.82 Å². The van der Waals surface area contributed by atoms with Crippen LogP contribution in [0, 0.1) is 5.82 Å². The number of rotatable bonds is 5. The first-order valence-corrected chi connectivity index (χ1v) is 6.95. The summed E-state index contributed by atoms with van der Waals surface area (Å²) >= 11 is 0. The van der Waals surface area contributed by atoms with Crippen molar-refractivity contribution in [2.75, 3.05) is 13.6 Å². The fourth-order valence-electron chi connectivity index (χ4n) is 1.44. The Morgan fingerprint density at radius 1 is 1.33 bits per heavy atom. The van der Waals surface area contributed by atoms with Gasteiger partial charge in [-0.2, -0.15) is 13.2 Å². The maximum atomic E-state index is 13.1. The molecule has 0 amide bonds. The van der Waals surface area contributed by atoms with E-state index in [9.17, 15) is 30.8 Å². The van der Waals surface area contributed by atoms with Crippen LogP contribution >= 0.6 is 0 Å². The molecule has 1 aromatic carbocycles. The third kappa shape index (κ3) is 4.14. The first-order chi connectivity index (χ1) is 9.46. The highest BCUT2D eigenvalue weighted by atomic mass is 32.2. The molecule has 21 heavy (non-hydrogen) atoms. The molecule has 1 aromatic rings. The molecule has 118 valence electrons. The van der Waals surface area contributed by atoms with Crippen molar-refractivity contribution < 1.29 is 35.9 Å². The van der Waals surface area contributed by atoms with E-state index in [0.717, 1.165) is 7.05 Å². The van der Waals surface area contributed by atoms with Gasteiger partial charge in [-0.3, -0.25) is 4.79 Å². The summed E-state index contributed by atoms with van der Waals surface area (Å²) in [7, 11) is -3.31. The van der Waals surface area contributed by atoms with Crippen LogP contribution in [0.15, 0.2) is 23.1 Å². The topological polar surface area (TPSA) is 74.7 Å². The minimum atomic E-state index is -5.03. The number of halogens is 4. The second kappa shape index (κ2) is 5.98. The van der Waals surface area contributed by atoms with Gasteiger partial charge < -0.3 is 5.11 Å². The van der Waals surface area contributed by atoms with E-state index in [-0.39, 0.29) is 6.07 Å². The molecule has 0 aliphatic carbocycles. The van der Waals surface area contributed by atoms with Gasteiger partial charge in [0.05, 0.1) is 16.9 Å². The summed E-state index contributed by atoms with van der Waals surface area (Å²) < 4.78 is 75.3. The molecule has 0 atom stereocenters. The fourth-order valence-corrected chi connectivity index (χ4v) is 2.63. The van der Waals surface area contributed by atoms with Crippen molar-refractivity contribution in [2.24, 2.45) is 0 Å².